The van der Waals surface area contributed by atoms with Crippen LogP contribution in [0.5, 0.6) is 0 Å². The van der Waals surface area contributed by atoms with E-state index in [0.717, 1.165) is 17.7 Å². The van der Waals surface area contributed by atoms with Gasteiger partial charge in [0.25, 0.3) is 11.8 Å². The number of anilines is 2. The Bertz CT molecular complexity index is 1440. The average Bonchev–Trinajstić information content (AvgIpc) is 3.27. The van der Waals surface area contributed by atoms with E-state index in [1.807, 2.05) is 0 Å². The number of imide groups is 1. The van der Waals surface area contributed by atoms with Crippen molar-refractivity contribution in [3.8, 4) is 0 Å². The summed E-state index contributed by atoms with van der Waals surface area (Å²) in [6.07, 6.45) is 1.67. The fourth-order valence-corrected chi connectivity index (χ4v) is 4.21. The van der Waals surface area contributed by atoms with E-state index in [1.165, 1.54) is 12.1 Å². The second-order valence-corrected chi connectivity index (χ2v) is 8.45. The lowest BCUT2D eigenvalue weighted by atomic mass is 9.96. The number of hydrogen-bond donors (Lipinski definition) is 5. The van der Waals surface area contributed by atoms with E-state index in [0.29, 0.717) is 39.5 Å². The number of halogens is 1. The third-order valence-electron chi connectivity index (χ3n) is 6.02. The fraction of sp³-hybridized carbons (Fsp3) is 0.154. The Morgan fingerprint density at radius 1 is 1.08 bits per heavy atom. The van der Waals surface area contributed by atoms with Crippen LogP contribution in [-0.2, 0) is 9.59 Å². The van der Waals surface area contributed by atoms with E-state index < -0.39 is 29.6 Å². The van der Waals surface area contributed by atoms with Crippen molar-refractivity contribution in [1.29, 1.82) is 0 Å². The highest BCUT2D eigenvalue weighted by Gasteiger charge is 2.27. The third kappa shape index (κ3) is 4.74. The van der Waals surface area contributed by atoms with Crippen LogP contribution in [0.3, 0.4) is 0 Å². The highest BCUT2D eigenvalue weighted by atomic mass is 19.1. The van der Waals surface area contributed by atoms with Gasteiger partial charge in [0.2, 0.25) is 0 Å². The predicted octanol–water partition coefficient (Wildman–Crippen LogP) is 4.41. The molecule has 184 valence electrons. The van der Waals surface area contributed by atoms with Gasteiger partial charge in [0.05, 0.1) is 17.2 Å². The molecule has 5 N–H and O–H groups in total. The molecule has 2 aromatic carbocycles. The van der Waals surface area contributed by atoms with Gasteiger partial charge in [-0.3, -0.25) is 19.7 Å². The largest absolute Gasteiger partial charge is 0.481 e. The van der Waals surface area contributed by atoms with Gasteiger partial charge in [-0.2, -0.15) is 0 Å². The molecule has 0 spiro atoms. The Morgan fingerprint density at radius 3 is 2.44 bits per heavy atom. The smallest absolute Gasteiger partial charge is 0.326 e. The summed E-state index contributed by atoms with van der Waals surface area (Å²) >= 11 is 0. The van der Waals surface area contributed by atoms with Gasteiger partial charge in [0.1, 0.15) is 5.82 Å². The summed E-state index contributed by atoms with van der Waals surface area (Å²) in [4.78, 5) is 51.7. The summed E-state index contributed by atoms with van der Waals surface area (Å²) in [5, 5.41) is 16.8. The molecule has 4 rings (SSSR count). The van der Waals surface area contributed by atoms with Gasteiger partial charge in [-0.1, -0.05) is 6.07 Å². The molecule has 2 heterocycles. The monoisotopic (exact) mass is 490 g/mol. The summed E-state index contributed by atoms with van der Waals surface area (Å²) in [5.74, 6) is -3.18. The molecule has 3 aromatic rings. The maximum absolute atomic E-state index is 13.0. The van der Waals surface area contributed by atoms with Crippen LogP contribution in [0.15, 0.2) is 42.5 Å². The number of amides is 4. The molecule has 9 nitrogen and oxygen atoms in total. The van der Waals surface area contributed by atoms with Crippen molar-refractivity contribution in [1.82, 2.24) is 10.3 Å². The van der Waals surface area contributed by atoms with Gasteiger partial charge in [-0.15, -0.1) is 0 Å². The van der Waals surface area contributed by atoms with Crippen molar-refractivity contribution in [2.24, 2.45) is 0 Å². The quantitative estimate of drug-likeness (QED) is 0.337. The minimum atomic E-state index is -0.938. The summed E-state index contributed by atoms with van der Waals surface area (Å²) in [7, 11) is 0. The highest BCUT2D eigenvalue weighted by molar-refractivity contribution is 6.35. The number of carboxylic acid groups (broad SMARTS) is 1. The number of aromatic amines is 1. The van der Waals surface area contributed by atoms with Crippen molar-refractivity contribution in [2.45, 2.75) is 26.7 Å². The molecule has 0 saturated heterocycles. The number of carbonyl (C=O) groups is 4. The number of carbonyl (C=O) groups excluding carboxylic acids is 3. The van der Waals surface area contributed by atoms with E-state index in [4.69, 9.17) is 0 Å². The molecule has 10 heteroatoms. The lowest BCUT2D eigenvalue weighted by Crippen LogP contribution is -2.34. The number of aromatic nitrogens is 1. The molecule has 0 radical (unpaired) electrons. The Kier molecular flexibility index (Phi) is 6.43. The number of hydrogen-bond acceptors (Lipinski definition) is 4. The van der Waals surface area contributed by atoms with Crippen molar-refractivity contribution < 1.29 is 28.7 Å². The van der Waals surface area contributed by atoms with Crippen molar-refractivity contribution in [2.75, 3.05) is 10.6 Å². The van der Waals surface area contributed by atoms with Crippen LogP contribution in [0.4, 0.5) is 20.6 Å². The number of benzene rings is 2. The third-order valence-corrected chi connectivity index (χ3v) is 6.02. The minimum Gasteiger partial charge on any atom is -0.481 e. The molecule has 36 heavy (non-hydrogen) atoms. The molecular formula is C26H23FN4O5. The van der Waals surface area contributed by atoms with Gasteiger partial charge >= 0.3 is 12.0 Å². The second-order valence-electron chi connectivity index (χ2n) is 8.45. The molecule has 1 aromatic heterocycles. The first-order valence-corrected chi connectivity index (χ1v) is 11.0. The number of aliphatic carboxylic acids is 1. The Balaban J connectivity index is 1.53. The van der Waals surface area contributed by atoms with Gasteiger partial charge in [0.15, 0.2) is 0 Å². The zero-order chi connectivity index (χ0) is 26.1. The summed E-state index contributed by atoms with van der Waals surface area (Å²) < 4.78 is 13.0. The molecular weight excluding hydrogens is 467 g/mol. The highest BCUT2D eigenvalue weighted by Crippen LogP contribution is 2.36. The molecule has 1 aliphatic heterocycles. The van der Waals surface area contributed by atoms with E-state index in [-0.39, 0.29) is 11.5 Å². The normalized spacial score (nSPS) is 14.2. The molecule has 0 aliphatic carbocycles. The van der Waals surface area contributed by atoms with Gasteiger partial charge in [-0.05, 0) is 74.4 Å². The topological polar surface area (TPSA) is 140 Å². The molecule has 1 unspecified atom stereocenters. The van der Waals surface area contributed by atoms with E-state index in [9.17, 15) is 28.7 Å². The average molecular weight is 490 g/mol. The number of rotatable bonds is 5. The SMILES string of the molecule is Cc1[nH]c(C=C2C(=O)Nc3cc(NC(=O)NC(=O)c4ccc(F)cc4)ccc32)c(C)c1C(C)C(=O)O. The molecule has 1 atom stereocenters. The number of nitrogens with one attached hydrogen (secondary N) is 4. The first-order chi connectivity index (χ1) is 17.0. The maximum Gasteiger partial charge on any atom is 0.326 e. The van der Waals surface area contributed by atoms with Crippen molar-refractivity contribution >= 4 is 46.8 Å². The Labute approximate surface area is 205 Å². The zero-order valence-electron chi connectivity index (χ0n) is 19.7. The number of aryl methyl sites for hydroxylation is 1. The van der Waals surface area contributed by atoms with Crippen LogP contribution < -0.4 is 16.0 Å². The van der Waals surface area contributed by atoms with Crippen molar-refractivity contribution in [3.63, 3.8) is 0 Å². The zero-order valence-corrected chi connectivity index (χ0v) is 19.7. The van der Waals surface area contributed by atoms with Crippen LogP contribution in [0.2, 0.25) is 0 Å². The van der Waals surface area contributed by atoms with E-state index >= 15 is 0 Å². The van der Waals surface area contributed by atoms with E-state index in [1.54, 1.807) is 45.0 Å². The number of urea groups is 1. The number of H-pyrrole nitrogens is 1. The van der Waals surface area contributed by atoms with Crippen LogP contribution >= 0.6 is 0 Å². The molecule has 4 amide bonds. The second kappa shape index (κ2) is 9.49. The van der Waals surface area contributed by atoms with Crippen LogP contribution in [-0.4, -0.2) is 33.9 Å². The van der Waals surface area contributed by atoms with Crippen molar-refractivity contribution in [3.05, 3.63) is 81.9 Å². The fourth-order valence-electron chi connectivity index (χ4n) is 4.21. The number of fused-ring (bicyclic) bond motifs is 1. The maximum atomic E-state index is 13.0. The standard InChI is InChI=1S/C26H23FN4O5/c1-12-20(28-14(3)22(12)13(2)25(34)35)11-19-18-9-8-17(10-21(18)30-24(19)33)29-26(36)31-23(32)15-4-6-16(27)7-5-15/h4-11,13,28H,1-3H3,(H,30,33)(H,34,35)(H2,29,31,32,36). The van der Waals surface area contributed by atoms with Gasteiger partial charge < -0.3 is 20.7 Å². The summed E-state index contributed by atoms with van der Waals surface area (Å²) in [5.41, 5.74) is 4.68. The molecule has 0 fully saturated rings. The summed E-state index contributed by atoms with van der Waals surface area (Å²) in [6.45, 7) is 5.20. The van der Waals surface area contributed by atoms with Gasteiger partial charge in [0, 0.05) is 28.2 Å². The predicted molar refractivity (Wildman–Crippen MR) is 132 cm³/mol. The van der Waals surface area contributed by atoms with Crippen LogP contribution in [0.25, 0.3) is 11.6 Å². The molecule has 1 aliphatic rings. The Morgan fingerprint density at radius 2 is 1.78 bits per heavy atom. The van der Waals surface area contributed by atoms with Crippen LogP contribution in [0.1, 0.15) is 51.3 Å². The van der Waals surface area contributed by atoms with Crippen LogP contribution in [0, 0.1) is 19.7 Å². The Hall–Kier alpha value is -4.73. The van der Waals surface area contributed by atoms with E-state index in [2.05, 4.69) is 20.9 Å². The lowest BCUT2D eigenvalue weighted by molar-refractivity contribution is -0.138. The minimum absolute atomic E-state index is 0.123. The number of carboxylic acids is 1. The molecule has 0 bridgehead atoms. The van der Waals surface area contributed by atoms with Gasteiger partial charge in [-0.25, -0.2) is 9.18 Å². The molecule has 0 saturated carbocycles. The summed E-state index contributed by atoms with van der Waals surface area (Å²) in [6, 6.07) is 8.75. The first kappa shape index (κ1) is 24.4. The lowest BCUT2D eigenvalue weighted by Gasteiger charge is -2.08. The first-order valence-electron chi connectivity index (χ1n) is 11.0.